The first-order valence-corrected chi connectivity index (χ1v) is 19.7. The number of hydrogen-bond donors (Lipinski definition) is 1. The molecule has 0 fully saturated rings. The maximum Gasteiger partial charge on any atom is 0.416 e. The first kappa shape index (κ1) is 48.6. The number of aryl methyl sites for hydroxylation is 2. The number of aromatic nitrogens is 2. The van der Waals surface area contributed by atoms with E-state index in [4.69, 9.17) is 37.6 Å². The van der Waals surface area contributed by atoms with Crippen molar-refractivity contribution >= 4 is 66.4 Å². The molecule has 322 valence electrons. The summed E-state index contributed by atoms with van der Waals surface area (Å²) in [7, 11) is -2.96. The van der Waals surface area contributed by atoms with Crippen LogP contribution in [0.25, 0.3) is 0 Å². The minimum absolute atomic E-state index is 0.00852. The summed E-state index contributed by atoms with van der Waals surface area (Å²) in [5.74, 6) is -1.61. The predicted molar refractivity (Wildman–Crippen MR) is 201 cm³/mol. The maximum atomic E-state index is 13.3. The molecule has 4 rings (SSSR count). The average molecular weight is 920 g/mol. The molecule has 2 aromatic carbocycles. The molecule has 0 saturated carbocycles. The van der Waals surface area contributed by atoms with Crippen molar-refractivity contribution in [3.8, 4) is 0 Å². The number of pyridine rings is 2. The third-order valence-corrected chi connectivity index (χ3v) is 11.4. The number of carbonyl (C=O) groups is 2. The number of hydroxylamine groups is 4. The molecule has 0 radical (unpaired) electrons. The Morgan fingerprint density at radius 1 is 0.712 bits per heavy atom. The summed E-state index contributed by atoms with van der Waals surface area (Å²) < 4.78 is 139. The van der Waals surface area contributed by atoms with E-state index in [0.29, 0.717) is 16.4 Å². The highest BCUT2D eigenvalue weighted by Crippen LogP contribution is 2.36. The van der Waals surface area contributed by atoms with Crippen LogP contribution < -0.4 is 9.03 Å². The summed E-state index contributed by atoms with van der Waals surface area (Å²) in [4.78, 5) is 40.8. The van der Waals surface area contributed by atoms with E-state index in [0.717, 1.165) is 58.9 Å². The van der Waals surface area contributed by atoms with Gasteiger partial charge in [-0.15, -0.1) is 0 Å². The van der Waals surface area contributed by atoms with Crippen LogP contribution in [0.1, 0.15) is 43.2 Å². The normalized spacial score (nSPS) is 12.0. The number of hydrogen-bond acceptors (Lipinski definition) is 11. The van der Waals surface area contributed by atoms with Crippen molar-refractivity contribution in [3.63, 3.8) is 0 Å². The number of rotatable bonds is 12. The average Bonchev–Trinajstić information content (AvgIpc) is 3.15. The van der Waals surface area contributed by atoms with Crippen molar-refractivity contribution < 1.29 is 67.2 Å². The molecule has 0 saturated heterocycles. The molecule has 0 bridgehead atoms. The summed E-state index contributed by atoms with van der Waals surface area (Å²) in [5, 5.41) is 1.59. The van der Waals surface area contributed by atoms with Gasteiger partial charge in [0, 0.05) is 33.6 Å². The zero-order valence-corrected chi connectivity index (χ0v) is 34.9. The minimum atomic E-state index is -4.76. The lowest BCUT2D eigenvalue weighted by molar-refractivity contribution is -0.139. The van der Waals surface area contributed by atoms with E-state index in [9.17, 15) is 52.8 Å². The number of benzene rings is 2. The van der Waals surface area contributed by atoms with E-state index in [2.05, 4.69) is 14.7 Å². The van der Waals surface area contributed by atoms with Gasteiger partial charge < -0.3 is 4.74 Å². The fourth-order valence-corrected chi connectivity index (χ4v) is 7.59. The quantitative estimate of drug-likeness (QED) is 0.0880. The summed E-state index contributed by atoms with van der Waals surface area (Å²) in [6, 6.07) is 7.42. The van der Waals surface area contributed by atoms with Gasteiger partial charge in [-0.3, -0.25) is 24.0 Å². The SMILES string of the molecule is COCN(c1cc(Cl)cnc1C(=O)N(C)OC)S(=O)(=O)c1ccc(C)c(C(F)(F)F)c1.CON(C)C(=O)c1ncc(Cl)cc1NS(=O)(=O)c1ccc(C)c(C(F)(F)F)c1. The second kappa shape index (κ2) is 19.1. The fraction of sp³-hybridized carbons (Fsp3) is 0.294. The van der Waals surface area contributed by atoms with Crippen LogP contribution in [0.2, 0.25) is 10.0 Å². The zero-order valence-electron chi connectivity index (χ0n) is 31.7. The number of halogens is 8. The van der Waals surface area contributed by atoms with Crippen molar-refractivity contribution in [3.05, 3.63) is 105 Å². The molecule has 15 nitrogen and oxygen atoms in total. The first-order chi connectivity index (χ1) is 27.2. The summed E-state index contributed by atoms with van der Waals surface area (Å²) in [5.41, 5.74) is -3.79. The van der Waals surface area contributed by atoms with Gasteiger partial charge in [-0.2, -0.15) is 26.3 Å². The molecule has 25 heteroatoms. The van der Waals surface area contributed by atoms with Crippen molar-refractivity contribution in [1.29, 1.82) is 0 Å². The molecular weight excluding hydrogens is 885 g/mol. The molecule has 0 aliphatic carbocycles. The standard InChI is InChI=1S/C18H19ClF3N3O5S.C16H15ClF3N3O4S/c1-11-5-6-13(8-14(11)18(20,21)22)31(27,28)25(10-29-3)15-7-12(19)9-23-16(15)17(26)24(2)30-4;1-9-4-5-11(7-12(9)16(18,19)20)28(25,26)22-13-6-10(17)8-21-14(13)15(24)23(2)27-3/h5-9H,10H2,1-4H3;4-8,22H,1-3H3. The van der Waals surface area contributed by atoms with Crippen LogP contribution in [0, 0.1) is 13.8 Å². The molecular formula is C34H34Cl2F6N6O9S2. The van der Waals surface area contributed by atoms with Crippen LogP contribution in [-0.2, 0) is 46.8 Å². The van der Waals surface area contributed by atoms with Crippen molar-refractivity contribution in [2.75, 3.05) is 51.2 Å². The number of amides is 2. The monoisotopic (exact) mass is 918 g/mol. The molecule has 2 amide bonds. The van der Waals surface area contributed by atoms with Crippen molar-refractivity contribution in [2.45, 2.75) is 36.0 Å². The molecule has 0 unspecified atom stereocenters. The number of methoxy groups -OCH3 is 1. The van der Waals surface area contributed by atoms with Gasteiger partial charge in [0.1, 0.15) is 6.73 Å². The van der Waals surface area contributed by atoms with Gasteiger partial charge >= 0.3 is 12.4 Å². The highest BCUT2D eigenvalue weighted by molar-refractivity contribution is 7.93. The largest absolute Gasteiger partial charge is 0.416 e. The molecule has 2 heterocycles. The number of anilines is 2. The first-order valence-electron chi connectivity index (χ1n) is 16.1. The number of ether oxygens (including phenoxy) is 1. The number of nitrogens with zero attached hydrogens (tertiary/aromatic N) is 5. The lowest BCUT2D eigenvalue weighted by Gasteiger charge is -2.26. The summed E-state index contributed by atoms with van der Waals surface area (Å²) in [6.45, 7) is 1.80. The third-order valence-electron chi connectivity index (χ3n) is 7.90. The molecule has 0 atom stereocenters. The molecule has 0 spiro atoms. The van der Waals surface area contributed by atoms with Crippen LogP contribution in [0.3, 0.4) is 0 Å². The summed E-state index contributed by atoms with van der Waals surface area (Å²) in [6.07, 6.45) is -7.26. The molecule has 1 N–H and O–H groups in total. The molecule has 0 aliphatic heterocycles. The highest BCUT2D eigenvalue weighted by atomic mass is 35.5. The van der Waals surface area contributed by atoms with Gasteiger partial charge in [-0.25, -0.2) is 41.2 Å². The van der Waals surface area contributed by atoms with Crippen LogP contribution in [0.5, 0.6) is 0 Å². The van der Waals surface area contributed by atoms with Gasteiger partial charge in [0.25, 0.3) is 31.9 Å². The van der Waals surface area contributed by atoms with Crippen LogP contribution in [-0.4, -0.2) is 90.9 Å². The molecule has 2 aromatic heterocycles. The zero-order chi connectivity index (χ0) is 44.8. The Hall–Kier alpha value is -4.78. The smallest absolute Gasteiger partial charge is 0.363 e. The second-order valence-electron chi connectivity index (χ2n) is 11.9. The lowest BCUT2D eigenvalue weighted by Crippen LogP contribution is -2.36. The van der Waals surface area contributed by atoms with Crippen LogP contribution in [0.15, 0.2) is 70.7 Å². The van der Waals surface area contributed by atoms with E-state index in [-0.39, 0.29) is 43.9 Å². The Morgan fingerprint density at radius 3 is 1.63 bits per heavy atom. The Morgan fingerprint density at radius 2 is 1.15 bits per heavy atom. The third kappa shape index (κ3) is 11.7. The lowest BCUT2D eigenvalue weighted by atomic mass is 10.1. The van der Waals surface area contributed by atoms with Crippen LogP contribution in [0.4, 0.5) is 37.7 Å². The Kier molecular flexibility index (Phi) is 15.7. The van der Waals surface area contributed by atoms with E-state index >= 15 is 0 Å². The molecule has 4 aromatic rings. The Bertz CT molecular complexity index is 2430. The minimum Gasteiger partial charge on any atom is -0.363 e. The number of nitrogens with one attached hydrogen (secondary N) is 1. The van der Waals surface area contributed by atoms with Crippen LogP contribution >= 0.6 is 23.2 Å². The van der Waals surface area contributed by atoms with Gasteiger partial charge in [-0.05, 0) is 61.4 Å². The number of alkyl halides is 6. The number of sulfonamides is 2. The van der Waals surface area contributed by atoms with E-state index in [1.807, 2.05) is 0 Å². The van der Waals surface area contributed by atoms with E-state index in [1.165, 1.54) is 49.3 Å². The fourth-order valence-electron chi connectivity index (χ4n) is 4.79. The van der Waals surface area contributed by atoms with E-state index in [1.54, 1.807) is 0 Å². The molecule has 0 aliphatic rings. The Balaban J connectivity index is 0.000000317. The van der Waals surface area contributed by atoms with Gasteiger partial charge in [-0.1, -0.05) is 35.3 Å². The highest BCUT2D eigenvalue weighted by Gasteiger charge is 2.37. The topological polar surface area (TPSA) is 178 Å². The molecule has 59 heavy (non-hydrogen) atoms. The predicted octanol–water partition coefficient (Wildman–Crippen LogP) is 6.99. The Labute approximate surface area is 344 Å². The second-order valence-corrected chi connectivity index (χ2v) is 16.3. The van der Waals surface area contributed by atoms with Gasteiger partial charge in [0.15, 0.2) is 11.4 Å². The van der Waals surface area contributed by atoms with Gasteiger partial charge in [0.05, 0.1) is 56.6 Å². The number of carbonyl (C=O) groups excluding carboxylic acids is 2. The van der Waals surface area contributed by atoms with E-state index < -0.39 is 71.9 Å². The maximum absolute atomic E-state index is 13.3. The van der Waals surface area contributed by atoms with Gasteiger partial charge in [0.2, 0.25) is 0 Å². The summed E-state index contributed by atoms with van der Waals surface area (Å²) >= 11 is 11.8. The van der Waals surface area contributed by atoms with Crippen molar-refractivity contribution in [2.24, 2.45) is 0 Å². The van der Waals surface area contributed by atoms with Crippen molar-refractivity contribution in [1.82, 2.24) is 20.1 Å².